The van der Waals surface area contributed by atoms with E-state index in [4.69, 9.17) is 0 Å². The van der Waals surface area contributed by atoms with Crippen molar-refractivity contribution < 1.29 is 15.0 Å². The lowest BCUT2D eigenvalue weighted by atomic mass is 10.1. The summed E-state index contributed by atoms with van der Waals surface area (Å²) < 4.78 is 0. The number of nitrogens with one attached hydrogen (secondary N) is 1. The Morgan fingerprint density at radius 3 is 1.31 bits per heavy atom. The number of hydrogen-bond acceptors (Lipinski definition) is 3. The van der Waals surface area contributed by atoms with Gasteiger partial charge in [0.1, 0.15) is 0 Å². The van der Waals surface area contributed by atoms with E-state index in [0.29, 0.717) is 6.42 Å². The van der Waals surface area contributed by atoms with E-state index in [1.807, 2.05) is 6.08 Å². The number of rotatable bonds is 34. The molecule has 0 aromatic rings. The van der Waals surface area contributed by atoms with Gasteiger partial charge in [0.05, 0.1) is 18.8 Å². The number of hydrogen-bond donors (Lipinski definition) is 3. The van der Waals surface area contributed by atoms with Crippen molar-refractivity contribution in [3.63, 3.8) is 0 Å². The number of aliphatic hydroxyl groups is 2. The van der Waals surface area contributed by atoms with Crippen LogP contribution in [-0.4, -0.2) is 34.9 Å². The normalized spacial score (nSPS) is 13.6. The quantitative estimate of drug-likeness (QED) is 0.0490. The monoisotopic (exact) mass is 630 g/mol. The minimum Gasteiger partial charge on any atom is -0.394 e. The van der Waals surface area contributed by atoms with Crippen LogP contribution in [0.25, 0.3) is 0 Å². The SMILES string of the molecule is CCCCCC/C=C\CCCCCCCC(=O)NC(CO)C(O)/C=C/CC/C=C/CC/C=C/CCCCCCCCCCCC. The zero-order valence-electron chi connectivity index (χ0n) is 29.9. The second-order valence-electron chi connectivity index (χ2n) is 13.0. The minimum absolute atomic E-state index is 0.0898. The van der Waals surface area contributed by atoms with Gasteiger partial charge in [-0.1, -0.05) is 159 Å². The summed E-state index contributed by atoms with van der Waals surface area (Å²) in [6.45, 7) is 4.26. The largest absolute Gasteiger partial charge is 0.394 e. The van der Waals surface area contributed by atoms with Crippen LogP contribution in [0.3, 0.4) is 0 Å². The van der Waals surface area contributed by atoms with Gasteiger partial charge in [-0.3, -0.25) is 4.79 Å². The maximum Gasteiger partial charge on any atom is 0.220 e. The van der Waals surface area contributed by atoms with E-state index in [9.17, 15) is 15.0 Å². The molecule has 0 aromatic heterocycles. The van der Waals surface area contributed by atoms with Gasteiger partial charge >= 0.3 is 0 Å². The van der Waals surface area contributed by atoms with Crippen molar-refractivity contribution in [3.8, 4) is 0 Å². The Balaban J connectivity index is 3.71. The zero-order chi connectivity index (χ0) is 32.9. The standard InChI is InChI=1S/C41H75NO3/c1-3-5-7-9-11-13-15-17-18-19-20-21-22-23-25-26-28-30-32-34-36-40(44)39(38-43)42-41(45)37-35-33-31-29-27-24-16-14-12-10-8-6-4-2/h14,16,21-22,26,28,34,36,39-40,43-44H,3-13,15,17-20,23-25,27,29-33,35,37-38H2,1-2H3,(H,42,45)/b16-14-,22-21+,28-26+,36-34+. The Morgan fingerprint density at radius 1 is 0.511 bits per heavy atom. The van der Waals surface area contributed by atoms with Crippen molar-refractivity contribution in [1.29, 1.82) is 0 Å². The van der Waals surface area contributed by atoms with Gasteiger partial charge in [0, 0.05) is 6.42 Å². The molecule has 4 nitrogen and oxygen atoms in total. The second kappa shape index (κ2) is 36.8. The molecule has 0 spiro atoms. The highest BCUT2D eigenvalue weighted by Gasteiger charge is 2.17. The molecule has 0 aromatic carbocycles. The van der Waals surface area contributed by atoms with Crippen LogP contribution in [0.15, 0.2) is 48.6 Å². The van der Waals surface area contributed by atoms with Crippen LogP contribution in [-0.2, 0) is 4.79 Å². The predicted octanol–water partition coefficient (Wildman–Crippen LogP) is 11.6. The van der Waals surface area contributed by atoms with Gasteiger partial charge in [-0.15, -0.1) is 0 Å². The van der Waals surface area contributed by atoms with Crippen LogP contribution >= 0.6 is 0 Å². The van der Waals surface area contributed by atoms with Crippen molar-refractivity contribution in [2.24, 2.45) is 0 Å². The van der Waals surface area contributed by atoms with E-state index >= 15 is 0 Å². The molecule has 0 radical (unpaired) electrons. The first-order chi connectivity index (χ1) is 22.2. The molecule has 0 heterocycles. The molecule has 2 unspecified atom stereocenters. The van der Waals surface area contributed by atoms with E-state index in [0.717, 1.165) is 51.4 Å². The van der Waals surface area contributed by atoms with E-state index in [1.165, 1.54) is 116 Å². The highest BCUT2D eigenvalue weighted by Crippen LogP contribution is 2.12. The Labute approximate surface area is 280 Å². The minimum atomic E-state index is -0.872. The van der Waals surface area contributed by atoms with Crippen molar-refractivity contribution in [3.05, 3.63) is 48.6 Å². The van der Waals surface area contributed by atoms with E-state index in [1.54, 1.807) is 6.08 Å². The number of unbranched alkanes of at least 4 members (excludes halogenated alkanes) is 21. The molecule has 0 bridgehead atoms. The van der Waals surface area contributed by atoms with Gasteiger partial charge in [-0.2, -0.15) is 0 Å². The first-order valence-electron chi connectivity index (χ1n) is 19.4. The van der Waals surface area contributed by atoms with Gasteiger partial charge in [-0.05, 0) is 70.6 Å². The number of amides is 1. The zero-order valence-corrected chi connectivity index (χ0v) is 29.9. The predicted molar refractivity (Wildman–Crippen MR) is 198 cm³/mol. The number of carbonyl (C=O) groups excluding carboxylic acids is 1. The van der Waals surface area contributed by atoms with Gasteiger partial charge in [0.2, 0.25) is 5.91 Å². The average Bonchev–Trinajstić information content (AvgIpc) is 3.04. The highest BCUT2D eigenvalue weighted by molar-refractivity contribution is 5.76. The van der Waals surface area contributed by atoms with Gasteiger partial charge in [0.15, 0.2) is 0 Å². The molecule has 3 N–H and O–H groups in total. The van der Waals surface area contributed by atoms with Crippen LogP contribution in [0.5, 0.6) is 0 Å². The van der Waals surface area contributed by atoms with Crippen molar-refractivity contribution in [2.75, 3.05) is 6.61 Å². The molecule has 0 aliphatic heterocycles. The number of aliphatic hydroxyl groups excluding tert-OH is 2. The van der Waals surface area contributed by atoms with E-state index < -0.39 is 12.1 Å². The third-order valence-corrected chi connectivity index (χ3v) is 8.51. The van der Waals surface area contributed by atoms with Crippen LogP contribution in [0, 0.1) is 0 Å². The average molecular weight is 630 g/mol. The molecule has 0 aliphatic rings. The van der Waals surface area contributed by atoms with Crippen LogP contribution in [0.1, 0.15) is 187 Å². The first kappa shape index (κ1) is 43.4. The molecule has 262 valence electrons. The molecular weight excluding hydrogens is 554 g/mol. The fraction of sp³-hybridized carbons (Fsp3) is 0.780. The molecule has 0 saturated carbocycles. The smallest absolute Gasteiger partial charge is 0.220 e. The maximum atomic E-state index is 12.3. The molecule has 2 atom stereocenters. The summed E-state index contributed by atoms with van der Waals surface area (Å²) in [6, 6.07) is -0.648. The molecular formula is C41H75NO3. The summed E-state index contributed by atoms with van der Waals surface area (Å²) in [5.74, 6) is -0.0898. The molecule has 0 aliphatic carbocycles. The van der Waals surface area contributed by atoms with Crippen LogP contribution in [0.2, 0.25) is 0 Å². The Kier molecular flexibility index (Phi) is 35.5. The van der Waals surface area contributed by atoms with Crippen LogP contribution in [0.4, 0.5) is 0 Å². The molecule has 1 amide bonds. The molecule has 45 heavy (non-hydrogen) atoms. The molecule has 4 heteroatoms. The fourth-order valence-electron chi connectivity index (χ4n) is 5.50. The highest BCUT2D eigenvalue weighted by atomic mass is 16.3. The van der Waals surface area contributed by atoms with Gasteiger partial charge < -0.3 is 15.5 Å². The van der Waals surface area contributed by atoms with Crippen LogP contribution < -0.4 is 5.32 Å². The summed E-state index contributed by atoms with van der Waals surface area (Å²) in [5, 5.41) is 22.9. The maximum absolute atomic E-state index is 12.3. The summed E-state index contributed by atoms with van der Waals surface area (Å²) in [7, 11) is 0. The number of carbonyl (C=O) groups is 1. The Bertz CT molecular complexity index is 726. The lowest BCUT2D eigenvalue weighted by molar-refractivity contribution is -0.123. The molecule has 0 rings (SSSR count). The lowest BCUT2D eigenvalue weighted by Gasteiger charge is -2.19. The Morgan fingerprint density at radius 2 is 0.867 bits per heavy atom. The summed E-state index contributed by atoms with van der Waals surface area (Å²) in [4.78, 5) is 12.3. The van der Waals surface area contributed by atoms with Crippen molar-refractivity contribution in [1.82, 2.24) is 5.32 Å². The molecule has 0 saturated heterocycles. The van der Waals surface area contributed by atoms with E-state index in [2.05, 4.69) is 55.6 Å². The third-order valence-electron chi connectivity index (χ3n) is 8.51. The van der Waals surface area contributed by atoms with Gasteiger partial charge in [-0.25, -0.2) is 0 Å². The van der Waals surface area contributed by atoms with E-state index in [-0.39, 0.29) is 12.5 Å². The lowest BCUT2D eigenvalue weighted by Crippen LogP contribution is -2.45. The summed E-state index contributed by atoms with van der Waals surface area (Å²) in [6.07, 6.45) is 49.2. The first-order valence-corrected chi connectivity index (χ1v) is 19.4. The summed E-state index contributed by atoms with van der Waals surface area (Å²) >= 11 is 0. The Hall–Kier alpha value is -1.65. The van der Waals surface area contributed by atoms with Crippen molar-refractivity contribution >= 4 is 5.91 Å². The second-order valence-corrected chi connectivity index (χ2v) is 13.0. The van der Waals surface area contributed by atoms with Gasteiger partial charge in [0.25, 0.3) is 0 Å². The van der Waals surface area contributed by atoms with Crippen molar-refractivity contribution in [2.45, 2.75) is 199 Å². The topological polar surface area (TPSA) is 69.6 Å². The molecule has 0 fully saturated rings. The third kappa shape index (κ3) is 33.5. The fourth-order valence-corrected chi connectivity index (χ4v) is 5.50. The summed E-state index contributed by atoms with van der Waals surface area (Å²) in [5.41, 5.74) is 0. The number of allylic oxidation sites excluding steroid dienone is 7.